The predicted molar refractivity (Wildman–Crippen MR) is 153 cm³/mol. The first kappa shape index (κ1) is 32.0. The molecule has 0 radical (unpaired) electrons. The summed E-state index contributed by atoms with van der Waals surface area (Å²) in [6.45, 7) is 7.79. The average molecular weight is 559 g/mol. The Morgan fingerprint density at radius 2 is 1.81 bits per heavy atom. The van der Waals surface area contributed by atoms with E-state index in [-0.39, 0.29) is 36.2 Å². The van der Waals surface area contributed by atoms with Crippen molar-refractivity contribution in [3.63, 3.8) is 0 Å². The van der Waals surface area contributed by atoms with Gasteiger partial charge in [0.05, 0.1) is 0 Å². The maximum absolute atomic E-state index is 12.9. The van der Waals surface area contributed by atoms with Gasteiger partial charge in [-0.25, -0.2) is 4.39 Å². The van der Waals surface area contributed by atoms with Crippen LogP contribution in [0, 0.1) is 11.7 Å². The Kier molecular flexibility index (Phi) is 14.2. The van der Waals surface area contributed by atoms with E-state index in [9.17, 15) is 9.18 Å². The van der Waals surface area contributed by atoms with E-state index >= 15 is 0 Å². The quantitative estimate of drug-likeness (QED) is 0.245. The number of H-pyrrole nitrogens is 1. The van der Waals surface area contributed by atoms with E-state index < -0.39 is 0 Å². The number of hydrogen-bond acceptors (Lipinski definition) is 5. The van der Waals surface area contributed by atoms with Gasteiger partial charge in [-0.05, 0) is 55.5 Å². The Labute approximate surface area is 230 Å². The topological polar surface area (TPSA) is 66.8 Å². The number of pyridine rings is 1. The third kappa shape index (κ3) is 8.25. The average Bonchev–Trinajstić information content (AvgIpc) is 3.43. The van der Waals surface area contributed by atoms with E-state index in [2.05, 4.69) is 40.9 Å². The fourth-order valence-corrected chi connectivity index (χ4v) is 5.48. The van der Waals surface area contributed by atoms with Crippen LogP contribution in [-0.4, -0.2) is 38.1 Å². The molecule has 1 fully saturated rings. The van der Waals surface area contributed by atoms with Crippen molar-refractivity contribution in [2.45, 2.75) is 64.1 Å². The first-order chi connectivity index (χ1) is 16.5. The van der Waals surface area contributed by atoms with Gasteiger partial charge in [0.2, 0.25) is 5.56 Å². The predicted octanol–water partition coefficient (Wildman–Crippen LogP) is 6.75. The fourth-order valence-electron chi connectivity index (χ4n) is 4.48. The van der Waals surface area contributed by atoms with Crippen molar-refractivity contribution in [3.8, 4) is 11.4 Å². The summed E-state index contributed by atoms with van der Waals surface area (Å²) in [6.07, 6.45) is 7.65. The number of thioether (sulfide) groups is 1. The van der Waals surface area contributed by atoms with Crippen LogP contribution in [0.5, 0.6) is 0 Å². The van der Waals surface area contributed by atoms with E-state index in [1.165, 1.54) is 37.4 Å². The lowest BCUT2D eigenvalue weighted by Crippen LogP contribution is -2.31. The fraction of sp³-hybridized carbons (Fsp3) is 0.500. The van der Waals surface area contributed by atoms with Crippen molar-refractivity contribution in [1.82, 2.24) is 19.7 Å². The molecule has 4 rings (SSSR count). The SMILES string of the molecule is CCCCSc1nnc(-c2cc[nH]c(=O)c2)n1C.CC[C@@H]1CCN(c2ccc(F)cc2)[C@@H]1CC.Cl.Cl. The molecule has 3 aromatic rings. The standard InChI is InChI=1S/C14H20FN.C12H16N4OS.2ClH/c1-3-11-9-10-16(14(11)4-2)13-7-5-12(15)6-8-13;1-3-4-7-18-12-15-14-11(16(12)2)9-5-6-13-10(17)8-9;;/h5-8,11,14H,3-4,9-10H2,1-2H3;5-6,8H,3-4,7H2,1-2H3,(H,13,17);2*1H/t11-,14-;;;/m1.../s1. The Hall–Kier alpha value is -2.03. The van der Waals surface area contributed by atoms with Gasteiger partial charge < -0.3 is 14.5 Å². The maximum Gasteiger partial charge on any atom is 0.248 e. The zero-order valence-corrected chi connectivity index (χ0v) is 23.9. The summed E-state index contributed by atoms with van der Waals surface area (Å²) in [4.78, 5) is 16.3. The lowest BCUT2D eigenvalue weighted by Gasteiger charge is -2.28. The number of unbranched alkanes of at least 4 members (excludes halogenated alkanes) is 1. The van der Waals surface area contributed by atoms with Crippen LogP contribution in [0.4, 0.5) is 10.1 Å². The lowest BCUT2D eigenvalue weighted by molar-refractivity contribution is 0.447. The van der Waals surface area contributed by atoms with Gasteiger partial charge in [-0.2, -0.15) is 0 Å². The molecule has 2 atom stereocenters. The number of hydrogen-bond donors (Lipinski definition) is 1. The minimum atomic E-state index is -0.150. The summed E-state index contributed by atoms with van der Waals surface area (Å²) in [5, 5.41) is 9.19. The second-order valence-electron chi connectivity index (χ2n) is 8.61. The Morgan fingerprint density at radius 1 is 1.08 bits per heavy atom. The molecule has 6 nitrogen and oxygen atoms in total. The molecular weight excluding hydrogens is 520 g/mol. The molecule has 0 bridgehead atoms. The van der Waals surface area contributed by atoms with E-state index in [1.807, 2.05) is 29.8 Å². The molecule has 0 saturated carbocycles. The van der Waals surface area contributed by atoms with Crippen LogP contribution >= 0.6 is 36.6 Å². The third-order valence-corrected chi connectivity index (χ3v) is 7.49. The molecule has 0 amide bonds. The van der Waals surface area contributed by atoms with Crippen LogP contribution in [0.3, 0.4) is 0 Å². The first-order valence-electron chi connectivity index (χ1n) is 12.2. The van der Waals surface area contributed by atoms with Crippen molar-refractivity contribution in [3.05, 3.63) is 58.8 Å². The molecule has 1 aliphatic rings. The Balaban J connectivity index is 0.000000343. The highest BCUT2D eigenvalue weighted by Gasteiger charge is 2.31. The number of nitrogens with one attached hydrogen (secondary N) is 1. The van der Waals surface area contributed by atoms with Crippen molar-refractivity contribution in [2.75, 3.05) is 17.2 Å². The van der Waals surface area contributed by atoms with Gasteiger partial charge in [-0.1, -0.05) is 45.4 Å². The highest BCUT2D eigenvalue weighted by atomic mass is 35.5. The summed E-state index contributed by atoms with van der Waals surface area (Å²) < 4.78 is 14.8. The van der Waals surface area contributed by atoms with E-state index in [0.29, 0.717) is 6.04 Å². The number of aromatic amines is 1. The van der Waals surface area contributed by atoms with E-state index in [0.717, 1.165) is 41.2 Å². The van der Waals surface area contributed by atoms with Gasteiger partial charge in [0.15, 0.2) is 11.0 Å². The summed E-state index contributed by atoms with van der Waals surface area (Å²) in [5.41, 5.74) is 1.83. The number of halogens is 3. The van der Waals surface area contributed by atoms with E-state index in [4.69, 9.17) is 0 Å². The smallest absolute Gasteiger partial charge is 0.248 e. The molecule has 200 valence electrons. The van der Waals surface area contributed by atoms with Crippen molar-refractivity contribution >= 4 is 42.3 Å². The molecule has 1 aromatic carbocycles. The molecule has 10 heteroatoms. The third-order valence-electron chi connectivity index (χ3n) is 6.38. The number of benzene rings is 1. The molecule has 0 unspecified atom stereocenters. The summed E-state index contributed by atoms with van der Waals surface area (Å²) in [6, 6.07) is 10.9. The van der Waals surface area contributed by atoms with Crippen molar-refractivity contribution < 1.29 is 4.39 Å². The van der Waals surface area contributed by atoms with Gasteiger partial charge in [0.1, 0.15) is 5.82 Å². The highest BCUT2D eigenvalue weighted by Crippen LogP contribution is 2.33. The van der Waals surface area contributed by atoms with Gasteiger partial charge in [-0.3, -0.25) is 4.79 Å². The Bertz CT molecular complexity index is 1090. The molecule has 1 aliphatic heterocycles. The summed E-state index contributed by atoms with van der Waals surface area (Å²) in [7, 11) is 1.92. The van der Waals surface area contributed by atoms with Crippen molar-refractivity contribution in [1.29, 1.82) is 0 Å². The monoisotopic (exact) mass is 557 g/mol. The Morgan fingerprint density at radius 3 is 2.42 bits per heavy atom. The van der Waals surface area contributed by atoms with Gasteiger partial charge in [-0.15, -0.1) is 35.0 Å². The van der Waals surface area contributed by atoms with Crippen LogP contribution in [0.25, 0.3) is 11.4 Å². The van der Waals surface area contributed by atoms with Gasteiger partial charge in [0, 0.05) is 48.9 Å². The minimum Gasteiger partial charge on any atom is -0.368 e. The van der Waals surface area contributed by atoms with Crippen LogP contribution in [0.2, 0.25) is 0 Å². The second-order valence-corrected chi connectivity index (χ2v) is 9.67. The minimum absolute atomic E-state index is 0. The van der Waals surface area contributed by atoms with Gasteiger partial charge >= 0.3 is 0 Å². The molecule has 2 aromatic heterocycles. The number of rotatable bonds is 8. The molecule has 0 aliphatic carbocycles. The second kappa shape index (κ2) is 15.9. The lowest BCUT2D eigenvalue weighted by atomic mass is 9.95. The first-order valence-corrected chi connectivity index (χ1v) is 13.2. The normalized spacial score (nSPS) is 16.5. The van der Waals surface area contributed by atoms with E-state index in [1.54, 1.807) is 30.1 Å². The maximum atomic E-state index is 12.9. The molecule has 1 N–H and O–H groups in total. The number of nitrogens with zero attached hydrogens (tertiary/aromatic N) is 4. The van der Waals surface area contributed by atoms with Crippen LogP contribution in [0.1, 0.15) is 52.9 Å². The summed E-state index contributed by atoms with van der Waals surface area (Å²) >= 11 is 1.69. The molecule has 3 heterocycles. The zero-order valence-electron chi connectivity index (χ0n) is 21.4. The zero-order chi connectivity index (χ0) is 24.5. The highest BCUT2D eigenvalue weighted by molar-refractivity contribution is 7.99. The van der Waals surface area contributed by atoms with Gasteiger partial charge in [0.25, 0.3) is 0 Å². The van der Waals surface area contributed by atoms with Crippen molar-refractivity contribution in [2.24, 2.45) is 13.0 Å². The van der Waals surface area contributed by atoms with Crippen LogP contribution < -0.4 is 10.5 Å². The number of aromatic nitrogens is 4. The molecular formula is C26H38Cl2FN5OS. The largest absolute Gasteiger partial charge is 0.368 e. The summed E-state index contributed by atoms with van der Waals surface area (Å²) in [5.74, 6) is 2.41. The number of anilines is 1. The van der Waals surface area contributed by atoms with Crippen LogP contribution in [-0.2, 0) is 7.05 Å². The molecule has 0 spiro atoms. The molecule has 36 heavy (non-hydrogen) atoms. The van der Waals surface area contributed by atoms with Crippen LogP contribution in [0.15, 0.2) is 52.5 Å². The molecule has 1 saturated heterocycles.